The van der Waals surface area contributed by atoms with Gasteiger partial charge in [-0.05, 0) is 62.3 Å². The number of benzene rings is 2. The Hall–Kier alpha value is -3.56. The molecule has 0 radical (unpaired) electrons. The van der Waals surface area contributed by atoms with Crippen LogP contribution in [0.4, 0.5) is 10.2 Å². The number of aromatic nitrogens is 4. The normalized spacial score (nSPS) is 18.4. The highest BCUT2D eigenvalue weighted by Gasteiger charge is 2.39. The average molecular weight is 474 g/mol. The van der Waals surface area contributed by atoms with Gasteiger partial charge >= 0.3 is 0 Å². The Morgan fingerprint density at radius 2 is 1.71 bits per heavy atom. The monoisotopic (exact) mass is 473 g/mol. The van der Waals surface area contributed by atoms with Crippen molar-refractivity contribution in [3.63, 3.8) is 0 Å². The number of nitrogens with two attached hydrogens (primary N) is 1. The second-order valence-corrected chi connectivity index (χ2v) is 9.44. The van der Waals surface area contributed by atoms with Crippen LogP contribution in [0.15, 0.2) is 60.9 Å². The summed E-state index contributed by atoms with van der Waals surface area (Å²) in [5.74, 6) is 1.91. The van der Waals surface area contributed by atoms with E-state index in [-0.39, 0.29) is 6.04 Å². The third-order valence-corrected chi connectivity index (χ3v) is 6.92. The van der Waals surface area contributed by atoms with E-state index in [0.29, 0.717) is 30.9 Å². The lowest BCUT2D eigenvalue weighted by Gasteiger charge is -2.43. The summed E-state index contributed by atoms with van der Waals surface area (Å²) >= 11 is 0. The van der Waals surface area contributed by atoms with Crippen molar-refractivity contribution in [2.45, 2.75) is 24.6 Å². The SMILES string of the molecule is Nc1ncnc2c1c(-c1ccc(Oc3ccccc3)cc1)nn2C1CN(CC2(F)CCNCC2)C1. The van der Waals surface area contributed by atoms with Crippen LogP contribution < -0.4 is 15.8 Å². The maximum absolute atomic E-state index is 15.1. The highest BCUT2D eigenvalue weighted by molar-refractivity contribution is 5.98. The van der Waals surface area contributed by atoms with Crippen molar-refractivity contribution in [2.24, 2.45) is 0 Å². The summed E-state index contributed by atoms with van der Waals surface area (Å²) in [6.45, 7) is 3.43. The fraction of sp³-hybridized carbons (Fsp3) is 0.346. The molecular weight excluding hydrogens is 445 g/mol. The van der Waals surface area contributed by atoms with Gasteiger partial charge in [-0.2, -0.15) is 5.10 Å². The van der Waals surface area contributed by atoms with Gasteiger partial charge in [0.2, 0.25) is 0 Å². The molecule has 2 aromatic heterocycles. The summed E-state index contributed by atoms with van der Waals surface area (Å²) in [5, 5.41) is 8.89. The van der Waals surface area contributed by atoms with Gasteiger partial charge < -0.3 is 15.8 Å². The van der Waals surface area contributed by atoms with E-state index in [9.17, 15) is 0 Å². The van der Waals surface area contributed by atoms with Crippen molar-refractivity contribution in [1.29, 1.82) is 0 Å². The number of hydrogen-bond acceptors (Lipinski definition) is 7. The third kappa shape index (κ3) is 4.33. The molecule has 180 valence electrons. The molecule has 0 aliphatic carbocycles. The van der Waals surface area contributed by atoms with Gasteiger partial charge in [-0.15, -0.1) is 0 Å². The molecule has 0 atom stereocenters. The van der Waals surface area contributed by atoms with Crippen molar-refractivity contribution >= 4 is 16.9 Å². The molecule has 2 fully saturated rings. The van der Waals surface area contributed by atoms with Crippen LogP contribution in [0.25, 0.3) is 22.3 Å². The second-order valence-electron chi connectivity index (χ2n) is 9.44. The minimum atomic E-state index is -1.11. The van der Waals surface area contributed by atoms with Crippen LogP contribution in [-0.4, -0.2) is 63.0 Å². The molecule has 0 bridgehead atoms. The van der Waals surface area contributed by atoms with E-state index in [2.05, 4.69) is 20.2 Å². The highest BCUT2D eigenvalue weighted by atomic mass is 19.1. The summed E-state index contributed by atoms with van der Waals surface area (Å²) in [7, 11) is 0. The lowest BCUT2D eigenvalue weighted by atomic mass is 9.92. The van der Waals surface area contributed by atoms with Gasteiger partial charge in [-0.1, -0.05) is 18.2 Å². The van der Waals surface area contributed by atoms with Crippen molar-refractivity contribution in [2.75, 3.05) is 38.5 Å². The molecule has 6 rings (SSSR count). The highest BCUT2D eigenvalue weighted by Crippen LogP contribution is 2.36. The number of alkyl halides is 1. The van der Waals surface area contributed by atoms with E-state index in [1.807, 2.05) is 59.3 Å². The van der Waals surface area contributed by atoms with Crippen molar-refractivity contribution in [3.05, 3.63) is 60.9 Å². The first-order valence-corrected chi connectivity index (χ1v) is 12.0. The Morgan fingerprint density at radius 3 is 2.46 bits per heavy atom. The Morgan fingerprint density at radius 1 is 1.00 bits per heavy atom. The number of halogens is 1. The first-order chi connectivity index (χ1) is 17.1. The predicted molar refractivity (Wildman–Crippen MR) is 133 cm³/mol. The molecule has 8 nitrogen and oxygen atoms in total. The molecule has 2 aliphatic rings. The number of hydrogen-bond donors (Lipinski definition) is 2. The quantitative estimate of drug-likeness (QED) is 0.440. The Labute approximate surface area is 202 Å². The molecule has 0 amide bonds. The third-order valence-electron chi connectivity index (χ3n) is 6.92. The number of para-hydroxylation sites is 1. The molecule has 4 aromatic rings. The maximum atomic E-state index is 15.1. The molecule has 35 heavy (non-hydrogen) atoms. The average Bonchev–Trinajstić information content (AvgIpc) is 3.23. The number of ether oxygens (including phenoxy) is 1. The zero-order valence-corrected chi connectivity index (χ0v) is 19.4. The molecule has 3 N–H and O–H groups in total. The van der Waals surface area contributed by atoms with E-state index in [4.69, 9.17) is 15.6 Å². The number of anilines is 1. The molecule has 2 aliphatic heterocycles. The topological polar surface area (TPSA) is 94.1 Å². The predicted octanol–water partition coefficient (Wildman–Crippen LogP) is 3.82. The van der Waals surface area contributed by atoms with Gasteiger partial charge in [0.05, 0.1) is 11.4 Å². The summed E-state index contributed by atoms with van der Waals surface area (Å²) < 4.78 is 23.0. The van der Waals surface area contributed by atoms with Crippen LogP contribution in [0.5, 0.6) is 11.5 Å². The summed E-state index contributed by atoms with van der Waals surface area (Å²) in [5.41, 5.74) is 7.52. The largest absolute Gasteiger partial charge is 0.457 e. The van der Waals surface area contributed by atoms with E-state index in [1.54, 1.807) is 0 Å². The van der Waals surface area contributed by atoms with Crippen molar-refractivity contribution < 1.29 is 9.13 Å². The first-order valence-electron chi connectivity index (χ1n) is 12.0. The van der Waals surface area contributed by atoms with Gasteiger partial charge in [0.25, 0.3) is 0 Å². The molecule has 0 saturated carbocycles. The number of likely N-dealkylation sites (tertiary alicyclic amines) is 1. The molecule has 9 heteroatoms. The maximum Gasteiger partial charge on any atom is 0.164 e. The van der Waals surface area contributed by atoms with Gasteiger partial charge in [0.15, 0.2) is 5.65 Å². The number of fused-ring (bicyclic) bond motifs is 1. The van der Waals surface area contributed by atoms with Crippen LogP contribution in [0, 0.1) is 0 Å². The summed E-state index contributed by atoms with van der Waals surface area (Å²) in [6.07, 6.45) is 2.60. The molecule has 2 aromatic carbocycles. The van der Waals surface area contributed by atoms with Gasteiger partial charge in [0.1, 0.15) is 35.0 Å². The smallest absolute Gasteiger partial charge is 0.164 e. The van der Waals surface area contributed by atoms with E-state index in [0.717, 1.165) is 54.3 Å². The molecule has 2 saturated heterocycles. The number of nitrogens with one attached hydrogen (secondary N) is 1. The fourth-order valence-electron chi connectivity index (χ4n) is 5.02. The van der Waals surface area contributed by atoms with Crippen LogP contribution in [0.3, 0.4) is 0 Å². The standard InChI is InChI=1S/C26H28FN7O/c27-26(10-12-29-13-11-26)16-33-14-19(15-33)34-25-22(24(28)30-17-31-25)23(32-34)18-6-8-21(9-7-18)35-20-4-2-1-3-5-20/h1-9,17,19,29H,10-16H2,(H2,28,30,31). The Balaban J connectivity index is 1.24. The van der Waals surface area contributed by atoms with Gasteiger partial charge in [-0.25, -0.2) is 19.0 Å². The van der Waals surface area contributed by atoms with Crippen LogP contribution in [0.2, 0.25) is 0 Å². The van der Waals surface area contributed by atoms with E-state index < -0.39 is 5.67 Å². The zero-order chi connectivity index (χ0) is 23.8. The minimum absolute atomic E-state index is 0.117. The zero-order valence-electron chi connectivity index (χ0n) is 19.4. The Bertz CT molecular complexity index is 1310. The van der Waals surface area contributed by atoms with Crippen LogP contribution in [-0.2, 0) is 0 Å². The fourth-order valence-corrected chi connectivity index (χ4v) is 5.02. The van der Waals surface area contributed by atoms with Crippen molar-refractivity contribution in [3.8, 4) is 22.8 Å². The number of nitrogens with zero attached hydrogens (tertiary/aromatic N) is 5. The van der Waals surface area contributed by atoms with Crippen LogP contribution >= 0.6 is 0 Å². The number of rotatable bonds is 6. The Kier molecular flexibility index (Phi) is 5.58. The number of piperidine rings is 1. The molecule has 4 heterocycles. The molecule has 0 spiro atoms. The molecular formula is C26H28FN7O. The van der Waals surface area contributed by atoms with E-state index in [1.165, 1.54) is 6.33 Å². The van der Waals surface area contributed by atoms with Gasteiger partial charge in [0, 0.05) is 25.2 Å². The van der Waals surface area contributed by atoms with Gasteiger partial charge in [-0.3, -0.25) is 4.90 Å². The van der Waals surface area contributed by atoms with Crippen LogP contribution in [0.1, 0.15) is 18.9 Å². The summed E-state index contributed by atoms with van der Waals surface area (Å²) in [6, 6.07) is 17.5. The van der Waals surface area contributed by atoms with E-state index >= 15 is 4.39 Å². The first kappa shape index (κ1) is 21.9. The lowest BCUT2D eigenvalue weighted by Crippen LogP contribution is -2.55. The lowest BCUT2D eigenvalue weighted by molar-refractivity contribution is 0.00957. The minimum Gasteiger partial charge on any atom is -0.457 e. The summed E-state index contributed by atoms with van der Waals surface area (Å²) in [4.78, 5) is 10.9. The number of nitrogen functional groups attached to an aromatic ring is 1. The second kappa shape index (κ2) is 8.90. The molecule has 0 unspecified atom stereocenters. The van der Waals surface area contributed by atoms with Crippen molar-refractivity contribution in [1.82, 2.24) is 30.0 Å².